The average molecular weight is 239 g/mol. The van der Waals surface area contributed by atoms with E-state index in [4.69, 9.17) is 17.3 Å². The molecule has 1 unspecified atom stereocenters. The number of nitrogen functional groups attached to an aromatic ring is 1. The number of carbonyl (C=O) groups is 1. The van der Waals surface area contributed by atoms with Crippen LogP contribution in [-0.4, -0.2) is 11.9 Å². The molecule has 0 aliphatic heterocycles. The maximum Gasteiger partial charge on any atom is 0.251 e. The number of benzene rings is 1. The zero-order valence-electron chi connectivity index (χ0n) is 9.16. The number of nitrogens with two attached hydrogens (primary N) is 1. The second-order valence-electron chi connectivity index (χ2n) is 3.64. The predicted molar refractivity (Wildman–Crippen MR) is 67.6 cm³/mol. The Hall–Kier alpha value is -1.48. The van der Waals surface area contributed by atoms with Gasteiger partial charge in [-0.25, -0.2) is 0 Å². The molecule has 1 aromatic rings. The van der Waals surface area contributed by atoms with Crippen LogP contribution in [0.25, 0.3) is 0 Å². The Morgan fingerprint density at radius 1 is 1.69 bits per heavy atom. The average Bonchev–Trinajstić information content (AvgIpc) is 2.22. The lowest BCUT2D eigenvalue weighted by molar-refractivity contribution is 0.0940. The van der Waals surface area contributed by atoms with E-state index in [1.165, 1.54) is 0 Å². The van der Waals surface area contributed by atoms with Gasteiger partial charge in [-0.2, -0.15) is 0 Å². The van der Waals surface area contributed by atoms with E-state index >= 15 is 0 Å². The van der Waals surface area contributed by atoms with Gasteiger partial charge >= 0.3 is 0 Å². The van der Waals surface area contributed by atoms with Gasteiger partial charge in [0.15, 0.2) is 0 Å². The first-order valence-electron chi connectivity index (χ1n) is 5.01. The molecule has 0 bridgehead atoms. The Bertz CT molecular complexity index is 404. The smallest absolute Gasteiger partial charge is 0.251 e. The SMILES string of the molecule is C=CCC(C)NC(=O)c1ccc(Cl)c(N)c1. The summed E-state index contributed by atoms with van der Waals surface area (Å²) in [5.41, 5.74) is 6.54. The van der Waals surface area contributed by atoms with Crippen LogP contribution in [0.15, 0.2) is 30.9 Å². The van der Waals surface area contributed by atoms with Crippen molar-refractivity contribution in [2.45, 2.75) is 19.4 Å². The number of nitrogens with one attached hydrogen (secondary N) is 1. The maximum atomic E-state index is 11.7. The molecule has 16 heavy (non-hydrogen) atoms. The third kappa shape index (κ3) is 3.28. The highest BCUT2D eigenvalue weighted by molar-refractivity contribution is 6.33. The van der Waals surface area contributed by atoms with Crippen molar-refractivity contribution >= 4 is 23.2 Å². The van der Waals surface area contributed by atoms with Crippen molar-refractivity contribution in [3.05, 3.63) is 41.4 Å². The normalized spacial score (nSPS) is 11.9. The second kappa shape index (κ2) is 5.56. The van der Waals surface area contributed by atoms with Gasteiger partial charge in [0.2, 0.25) is 0 Å². The van der Waals surface area contributed by atoms with Crippen LogP contribution in [0.2, 0.25) is 5.02 Å². The van der Waals surface area contributed by atoms with Crippen LogP contribution in [0.4, 0.5) is 5.69 Å². The summed E-state index contributed by atoms with van der Waals surface area (Å²) < 4.78 is 0. The van der Waals surface area contributed by atoms with Crippen molar-refractivity contribution < 1.29 is 4.79 Å². The quantitative estimate of drug-likeness (QED) is 0.626. The third-order valence-corrected chi connectivity index (χ3v) is 2.50. The highest BCUT2D eigenvalue weighted by atomic mass is 35.5. The number of hydrogen-bond acceptors (Lipinski definition) is 2. The van der Waals surface area contributed by atoms with E-state index in [2.05, 4.69) is 11.9 Å². The molecule has 0 fully saturated rings. The molecule has 1 rings (SSSR count). The van der Waals surface area contributed by atoms with Crippen LogP contribution in [0.1, 0.15) is 23.7 Å². The lowest BCUT2D eigenvalue weighted by Gasteiger charge is -2.12. The lowest BCUT2D eigenvalue weighted by Crippen LogP contribution is -2.32. The molecule has 0 aromatic heterocycles. The minimum atomic E-state index is -0.155. The molecule has 0 radical (unpaired) electrons. The molecule has 0 saturated carbocycles. The molecule has 3 nitrogen and oxygen atoms in total. The first-order chi connectivity index (χ1) is 7.54. The molecule has 4 heteroatoms. The zero-order valence-corrected chi connectivity index (χ0v) is 9.92. The van der Waals surface area contributed by atoms with Crippen LogP contribution in [-0.2, 0) is 0 Å². The topological polar surface area (TPSA) is 55.1 Å². The molecule has 0 heterocycles. The second-order valence-corrected chi connectivity index (χ2v) is 4.04. The number of rotatable bonds is 4. The van der Waals surface area contributed by atoms with Crippen molar-refractivity contribution in [2.24, 2.45) is 0 Å². The fraction of sp³-hybridized carbons (Fsp3) is 0.250. The first-order valence-corrected chi connectivity index (χ1v) is 5.39. The molecule has 0 aliphatic carbocycles. The summed E-state index contributed by atoms with van der Waals surface area (Å²) in [5.74, 6) is -0.155. The Kier molecular flexibility index (Phi) is 4.38. The van der Waals surface area contributed by atoms with E-state index in [9.17, 15) is 4.79 Å². The molecule has 3 N–H and O–H groups in total. The molecule has 0 saturated heterocycles. The van der Waals surface area contributed by atoms with Crippen molar-refractivity contribution in [1.82, 2.24) is 5.32 Å². The van der Waals surface area contributed by atoms with Gasteiger partial charge in [0.1, 0.15) is 0 Å². The van der Waals surface area contributed by atoms with Gasteiger partial charge in [-0.1, -0.05) is 17.7 Å². The van der Waals surface area contributed by atoms with Crippen LogP contribution in [0, 0.1) is 0 Å². The minimum Gasteiger partial charge on any atom is -0.398 e. The van der Waals surface area contributed by atoms with Crippen molar-refractivity contribution in [3.63, 3.8) is 0 Å². The maximum absolute atomic E-state index is 11.7. The Balaban J connectivity index is 2.73. The third-order valence-electron chi connectivity index (χ3n) is 2.16. The van der Waals surface area contributed by atoms with E-state index in [1.807, 2.05) is 6.92 Å². The minimum absolute atomic E-state index is 0.0573. The Morgan fingerprint density at radius 3 is 2.94 bits per heavy atom. The molecule has 86 valence electrons. The van der Waals surface area contributed by atoms with Gasteiger partial charge < -0.3 is 11.1 Å². The van der Waals surface area contributed by atoms with Crippen LogP contribution < -0.4 is 11.1 Å². The number of hydrogen-bond donors (Lipinski definition) is 2. The molecular weight excluding hydrogens is 224 g/mol. The Morgan fingerprint density at radius 2 is 2.38 bits per heavy atom. The standard InChI is InChI=1S/C12H15ClN2O/c1-3-4-8(2)15-12(16)9-5-6-10(13)11(14)7-9/h3,5-8H,1,4,14H2,2H3,(H,15,16). The van der Waals surface area contributed by atoms with Crippen molar-refractivity contribution in [1.29, 1.82) is 0 Å². The monoisotopic (exact) mass is 238 g/mol. The van der Waals surface area contributed by atoms with Gasteiger partial charge in [0, 0.05) is 11.6 Å². The van der Waals surface area contributed by atoms with E-state index in [0.717, 1.165) is 6.42 Å². The molecule has 0 aliphatic rings. The fourth-order valence-corrected chi connectivity index (χ4v) is 1.42. The van der Waals surface area contributed by atoms with Gasteiger partial charge in [-0.3, -0.25) is 4.79 Å². The lowest BCUT2D eigenvalue weighted by atomic mass is 10.1. The van der Waals surface area contributed by atoms with E-state index < -0.39 is 0 Å². The van der Waals surface area contributed by atoms with Gasteiger partial charge in [-0.05, 0) is 31.5 Å². The summed E-state index contributed by atoms with van der Waals surface area (Å²) in [6.45, 7) is 5.53. The fourth-order valence-electron chi connectivity index (χ4n) is 1.30. The summed E-state index contributed by atoms with van der Waals surface area (Å²) >= 11 is 5.77. The van der Waals surface area contributed by atoms with E-state index in [1.54, 1.807) is 24.3 Å². The number of halogens is 1. The molecule has 1 aromatic carbocycles. The van der Waals surface area contributed by atoms with Crippen molar-refractivity contribution in [2.75, 3.05) is 5.73 Å². The largest absolute Gasteiger partial charge is 0.398 e. The summed E-state index contributed by atoms with van der Waals surface area (Å²) in [6.07, 6.45) is 2.50. The molecule has 1 amide bonds. The summed E-state index contributed by atoms with van der Waals surface area (Å²) in [4.78, 5) is 11.7. The van der Waals surface area contributed by atoms with Crippen LogP contribution in [0.3, 0.4) is 0 Å². The highest BCUT2D eigenvalue weighted by Crippen LogP contribution is 2.19. The summed E-state index contributed by atoms with van der Waals surface area (Å²) in [7, 11) is 0. The van der Waals surface area contributed by atoms with Crippen molar-refractivity contribution in [3.8, 4) is 0 Å². The zero-order chi connectivity index (χ0) is 12.1. The van der Waals surface area contributed by atoms with E-state index in [0.29, 0.717) is 16.3 Å². The van der Waals surface area contributed by atoms with Gasteiger partial charge in [0.05, 0.1) is 10.7 Å². The Labute approximate surface area is 100 Å². The highest BCUT2D eigenvalue weighted by Gasteiger charge is 2.09. The van der Waals surface area contributed by atoms with E-state index in [-0.39, 0.29) is 11.9 Å². The number of anilines is 1. The van der Waals surface area contributed by atoms with Crippen LogP contribution in [0.5, 0.6) is 0 Å². The predicted octanol–water partition coefficient (Wildman–Crippen LogP) is 2.62. The molecule has 1 atom stereocenters. The number of carbonyl (C=O) groups excluding carboxylic acids is 1. The number of amides is 1. The summed E-state index contributed by atoms with van der Waals surface area (Å²) in [6, 6.07) is 4.89. The first kappa shape index (κ1) is 12.6. The van der Waals surface area contributed by atoms with Gasteiger partial charge in [-0.15, -0.1) is 6.58 Å². The summed E-state index contributed by atoms with van der Waals surface area (Å²) in [5, 5.41) is 3.29. The molecule has 0 spiro atoms. The van der Waals surface area contributed by atoms with Gasteiger partial charge in [0.25, 0.3) is 5.91 Å². The van der Waals surface area contributed by atoms with Crippen LogP contribution >= 0.6 is 11.6 Å². The molecular formula is C12H15ClN2O.